The van der Waals surface area contributed by atoms with Crippen LogP contribution in [0.2, 0.25) is 0 Å². The molecule has 82 valence electrons. The zero-order valence-electron chi connectivity index (χ0n) is 8.96. The van der Waals surface area contributed by atoms with Crippen LogP contribution in [0, 0.1) is 0 Å². The molecule has 5 nitrogen and oxygen atoms in total. The van der Waals surface area contributed by atoms with Gasteiger partial charge in [-0.2, -0.15) is 0 Å². The summed E-state index contributed by atoms with van der Waals surface area (Å²) < 4.78 is 1.90. The second-order valence-corrected chi connectivity index (χ2v) is 3.85. The predicted octanol–water partition coefficient (Wildman–Crippen LogP) is 0.852. The molecule has 1 aliphatic heterocycles. The van der Waals surface area contributed by atoms with Crippen molar-refractivity contribution in [3.63, 3.8) is 0 Å². The van der Waals surface area contributed by atoms with Crippen molar-refractivity contribution in [1.82, 2.24) is 19.9 Å². The highest BCUT2D eigenvalue weighted by Gasteiger charge is 2.22. The Hall–Kier alpha value is -1.39. The Morgan fingerprint density at radius 3 is 2.73 bits per heavy atom. The minimum Gasteiger partial charge on any atom is -0.343 e. The molecular formula is C10H16N4O. The molecule has 2 heterocycles. The van der Waals surface area contributed by atoms with Crippen LogP contribution in [0.15, 0.2) is 12.4 Å². The molecule has 15 heavy (non-hydrogen) atoms. The maximum atomic E-state index is 11.5. The van der Waals surface area contributed by atoms with E-state index in [1.165, 1.54) is 0 Å². The van der Waals surface area contributed by atoms with Gasteiger partial charge in [0.05, 0.1) is 12.2 Å². The van der Waals surface area contributed by atoms with E-state index in [9.17, 15) is 4.79 Å². The van der Waals surface area contributed by atoms with E-state index in [4.69, 9.17) is 0 Å². The lowest BCUT2D eigenvalue weighted by molar-refractivity contribution is -0.132. The minimum atomic E-state index is 0.257. The summed E-state index contributed by atoms with van der Waals surface area (Å²) in [5, 5.41) is 7.79. The van der Waals surface area contributed by atoms with Crippen molar-refractivity contribution in [3.05, 3.63) is 12.4 Å². The van der Waals surface area contributed by atoms with Gasteiger partial charge in [-0.1, -0.05) is 12.1 Å². The lowest BCUT2D eigenvalue weighted by Crippen LogP contribution is -2.38. The average molecular weight is 208 g/mol. The van der Waals surface area contributed by atoms with Gasteiger partial charge in [-0.15, -0.1) is 5.10 Å². The highest BCUT2D eigenvalue weighted by Crippen LogP contribution is 2.21. The summed E-state index contributed by atoms with van der Waals surface area (Å²) in [4.78, 5) is 13.4. The van der Waals surface area contributed by atoms with Crippen molar-refractivity contribution < 1.29 is 4.79 Å². The molecule has 0 aromatic carbocycles. The molecule has 1 aliphatic rings. The third kappa shape index (κ3) is 2.16. The van der Waals surface area contributed by atoms with Crippen LogP contribution in [0.1, 0.15) is 32.2 Å². The summed E-state index contributed by atoms with van der Waals surface area (Å²) in [7, 11) is 0. The maximum absolute atomic E-state index is 11.5. The molecule has 1 amide bonds. The molecule has 0 spiro atoms. The van der Waals surface area contributed by atoms with E-state index in [1.54, 1.807) is 6.20 Å². The number of likely N-dealkylation sites (tertiary alicyclic amines) is 1. The molecule has 0 N–H and O–H groups in total. The molecule has 1 fully saturated rings. The van der Waals surface area contributed by atoms with Crippen LogP contribution in [-0.4, -0.2) is 38.9 Å². The largest absolute Gasteiger partial charge is 0.343 e. The second kappa shape index (κ2) is 4.42. The lowest BCUT2D eigenvalue weighted by atomic mass is 10.1. The van der Waals surface area contributed by atoms with Crippen LogP contribution < -0.4 is 0 Å². The van der Waals surface area contributed by atoms with Gasteiger partial charge in [-0.3, -0.25) is 4.79 Å². The summed E-state index contributed by atoms with van der Waals surface area (Å²) in [6.07, 6.45) is 6.16. The van der Waals surface area contributed by atoms with Gasteiger partial charge in [0.1, 0.15) is 0 Å². The average Bonchev–Trinajstić information content (AvgIpc) is 2.82. The van der Waals surface area contributed by atoms with Gasteiger partial charge >= 0.3 is 0 Å². The molecule has 5 heteroatoms. The van der Waals surface area contributed by atoms with Crippen molar-refractivity contribution in [1.29, 1.82) is 0 Å². The topological polar surface area (TPSA) is 51.0 Å². The molecule has 1 aromatic rings. The number of rotatable bonds is 2. The normalized spacial score (nSPS) is 18.1. The van der Waals surface area contributed by atoms with Crippen molar-refractivity contribution in [2.24, 2.45) is 0 Å². The fraction of sp³-hybridized carbons (Fsp3) is 0.700. The van der Waals surface area contributed by atoms with Gasteiger partial charge in [0.25, 0.3) is 0 Å². The third-order valence-electron chi connectivity index (χ3n) is 2.93. The van der Waals surface area contributed by atoms with Crippen molar-refractivity contribution >= 4 is 5.91 Å². The van der Waals surface area contributed by atoms with Crippen LogP contribution in [0.3, 0.4) is 0 Å². The zero-order valence-corrected chi connectivity index (χ0v) is 8.96. The first-order valence-corrected chi connectivity index (χ1v) is 5.45. The molecule has 0 atom stereocenters. The molecule has 0 bridgehead atoms. The zero-order chi connectivity index (χ0) is 10.7. The van der Waals surface area contributed by atoms with Gasteiger partial charge in [0.2, 0.25) is 5.91 Å². The Labute approximate surface area is 89.1 Å². The monoisotopic (exact) mass is 208 g/mol. The van der Waals surface area contributed by atoms with Crippen LogP contribution in [0.4, 0.5) is 0 Å². The predicted molar refractivity (Wildman–Crippen MR) is 55.2 cm³/mol. The van der Waals surface area contributed by atoms with Crippen LogP contribution in [0.25, 0.3) is 0 Å². The Kier molecular flexibility index (Phi) is 2.99. The van der Waals surface area contributed by atoms with E-state index in [1.807, 2.05) is 22.7 Å². The molecular weight excluding hydrogens is 192 g/mol. The van der Waals surface area contributed by atoms with Crippen molar-refractivity contribution in [2.45, 2.75) is 32.2 Å². The first-order chi connectivity index (χ1) is 7.31. The number of piperidine rings is 1. The lowest BCUT2D eigenvalue weighted by Gasteiger charge is -2.31. The Balaban J connectivity index is 1.90. The molecule has 2 rings (SSSR count). The van der Waals surface area contributed by atoms with Crippen LogP contribution >= 0.6 is 0 Å². The molecule has 1 aromatic heterocycles. The Bertz CT molecular complexity index is 314. The van der Waals surface area contributed by atoms with Crippen LogP contribution in [0.5, 0.6) is 0 Å². The van der Waals surface area contributed by atoms with Crippen LogP contribution in [-0.2, 0) is 4.79 Å². The number of hydrogen-bond acceptors (Lipinski definition) is 3. The first-order valence-electron chi connectivity index (χ1n) is 5.45. The first kappa shape index (κ1) is 10.1. The smallest absolute Gasteiger partial charge is 0.222 e. The van der Waals surface area contributed by atoms with E-state index in [2.05, 4.69) is 10.3 Å². The number of carbonyl (C=O) groups is 1. The van der Waals surface area contributed by atoms with E-state index < -0.39 is 0 Å². The molecule has 1 saturated heterocycles. The fourth-order valence-corrected chi connectivity index (χ4v) is 2.02. The second-order valence-electron chi connectivity index (χ2n) is 3.85. The quantitative estimate of drug-likeness (QED) is 0.724. The molecule has 0 radical (unpaired) electrons. The number of aromatic nitrogens is 3. The van der Waals surface area contributed by atoms with Gasteiger partial charge in [0, 0.05) is 25.7 Å². The van der Waals surface area contributed by atoms with Crippen molar-refractivity contribution in [2.75, 3.05) is 13.1 Å². The SMILES string of the molecule is CCC(=O)N1CCC(n2ccnn2)CC1. The van der Waals surface area contributed by atoms with E-state index >= 15 is 0 Å². The summed E-state index contributed by atoms with van der Waals surface area (Å²) in [6.45, 7) is 3.60. The summed E-state index contributed by atoms with van der Waals surface area (Å²) in [5.74, 6) is 0.257. The van der Waals surface area contributed by atoms with Gasteiger partial charge < -0.3 is 4.90 Å². The van der Waals surface area contributed by atoms with Crippen molar-refractivity contribution in [3.8, 4) is 0 Å². The highest BCUT2D eigenvalue weighted by molar-refractivity contribution is 5.75. The maximum Gasteiger partial charge on any atom is 0.222 e. The fourth-order valence-electron chi connectivity index (χ4n) is 2.02. The Morgan fingerprint density at radius 2 is 2.20 bits per heavy atom. The highest BCUT2D eigenvalue weighted by atomic mass is 16.2. The standard InChI is InChI=1S/C10H16N4O/c1-2-10(15)13-6-3-9(4-7-13)14-8-5-11-12-14/h5,8-9H,2-4,6-7H2,1H3. The molecule has 0 aliphatic carbocycles. The number of hydrogen-bond donors (Lipinski definition) is 0. The minimum absolute atomic E-state index is 0.257. The van der Waals surface area contributed by atoms with E-state index in [0.29, 0.717) is 12.5 Å². The van der Waals surface area contributed by atoms with Gasteiger partial charge in [0.15, 0.2) is 0 Å². The Morgan fingerprint density at radius 1 is 1.47 bits per heavy atom. The third-order valence-corrected chi connectivity index (χ3v) is 2.93. The number of carbonyl (C=O) groups excluding carboxylic acids is 1. The molecule has 0 saturated carbocycles. The molecule has 0 unspecified atom stereocenters. The van der Waals surface area contributed by atoms with Gasteiger partial charge in [-0.25, -0.2) is 4.68 Å². The number of nitrogens with zero attached hydrogens (tertiary/aromatic N) is 4. The summed E-state index contributed by atoms with van der Waals surface area (Å²) in [5.41, 5.74) is 0. The summed E-state index contributed by atoms with van der Waals surface area (Å²) in [6, 6.07) is 0.411. The van der Waals surface area contributed by atoms with E-state index in [0.717, 1.165) is 25.9 Å². The van der Waals surface area contributed by atoms with E-state index in [-0.39, 0.29) is 5.91 Å². The summed E-state index contributed by atoms with van der Waals surface area (Å²) >= 11 is 0. The number of amides is 1. The van der Waals surface area contributed by atoms with Gasteiger partial charge in [-0.05, 0) is 12.8 Å².